The molecule has 0 aliphatic rings. The Labute approximate surface area is 130 Å². The van der Waals surface area contributed by atoms with E-state index in [0.29, 0.717) is 11.4 Å². The zero-order chi connectivity index (χ0) is 16.3. The Morgan fingerprint density at radius 3 is 2.41 bits per heavy atom. The Hall–Kier alpha value is -1.99. The summed E-state index contributed by atoms with van der Waals surface area (Å²) < 4.78 is 32.7. The summed E-state index contributed by atoms with van der Waals surface area (Å²) in [5.41, 5.74) is 3.26. The molecule has 0 bridgehead atoms. The van der Waals surface area contributed by atoms with E-state index in [0.717, 1.165) is 16.8 Å². The molecule has 22 heavy (non-hydrogen) atoms. The predicted octanol–water partition coefficient (Wildman–Crippen LogP) is 1.89. The number of aryl methyl sites for hydroxylation is 3. The minimum absolute atomic E-state index is 0.0990. The van der Waals surface area contributed by atoms with Crippen LogP contribution in [0.2, 0.25) is 0 Å². The van der Waals surface area contributed by atoms with Crippen LogP contribution in [0.1, 0.15) is 22.5 Å². The van der Waals surface area contributed by atoms with Crippen LogP contribution in [-0.2, 0) is 16.6 Å². The van der Waals surface area contributed by atoms with Gasteiger partial charge in [-0.05, 0) is 50.1 Å². The van der Waals surface area contributed by atoms with Crippen molar-refractivity contribution in [3.63, 3.8) is 0 Å². The van der Waals surface area contributed by atoms with E-state index in [1.165, 1.54) is 13.4 Å². The number of rotatable bonds is 5. The van der Waals surface area contributed by atoms with Crippen molar-refractivity contribution in [2.75, 3.05) is 7.11 Å². The summed E-state index contributed by atoms with van der Waals surface area (Å²) in [7, 11) is -2.23. The van der Waals surface area contributed by atoms with Gasteiger partial charge in [0.15, 0.2) is 0 Å². The Morgan fingerprint density at radius 2 is 1.77 bits per heavy atom. The zero-order valence-electron chi connectivity index (χ0n) is 13.0. The topological polar surface area (TPSA) is 81.2 Å². The van der Waals surface area contributed by atoms with Crippen molar-refractivity contribution >= 4 is 10.0 Å². The number of hydrogen-bond acceptors (Lipinski definition) is 5. The smallest absolute Gasteiger partial charge is 0.244 e. The SMILES string of the molecule is COc1cc(C)c(C)cc1S(=O)(=O)NCc1cc(C)ncn1. The lowest BCUT2D eigenvalue weighted by Gasteiger charge is -2.13. The highest BCUT2D eigenvalue weighted by Crippen LogP contribution is 2.27. The highest BCUT2D eigenvalue weighted by atomic mass is 32.2. The van der Waals surface area contributed by atoms with Crippen LogP contribution < -0.4 is 9.46 Å². The van der Waals surface area contributed by atoms with E-state index in [4.69, 9.17) is 4.74 Å². The fourth-order valence-electron chi connectivity index (χ4n) is 1.99. The summed E-state index contributed by atoms with van der Waals surface area (Å²) in [5.74, 6) is 0.328. The monoisotopic (exact) mass is 321 g/mol. The Morgan fingerprint density at radius 1 is 1.09 bits per heavy atom. The molecule has 0 spiro atoms. The summed E-state index contributed by atoms with van der Waals surface area (Å²) in [4.78, 5) is 8.15. The van der Waals surface area contributed by atoms with E-state index in [1.54, 1.807) is 18.2 Å². The number of hydrogen-bond donors (Lipinski definition) is 1. The summed E-state index contributed by atoms with van der Waals surface area (Å²) in [6.45, 7) is 5.70. The van der Waals surface area contributed by atoms with E-state index in [-0.39, 0.29) is 11.4 Å². The molecule has 0 fully saturated rings. The quantitative estimate of drug-likeness (QED) is 0.909. The average molecular weight is 321 g/mol. The first-order valence-corrected chi connectivity index (χ1v) is 8.24. The van der Waals surface area contributed by atoms with Gasteiger partial charge < -0.3 is 4.74 Å². The molecule has 7 heteroatoms. The van der Waals surface area contributed by atoms with Gasteiger partial charge in [-0.1, -0.05) is 0 Å². The maximum atomic E-state index is 12.5. The van der Waals surface area contributed by atoms with Crippen LogP contribution in [0, 0.1) is 20.8 Å². The highest BCUT2D eigenvalue weighted by Gasteiger charge is 2.20. The van der Waals surface area contributed by atoms with Crippen LogP contribution in [0.15, 0.2) is 29.4 Å². The Bertz CT molecular complexity index is 789. The molecular weight excluding hydrogens is 302 g/mol. The number of nitrogens with zero attached hydrogens (tertiary/aromatic N) is 2. The third-order valence-corrected chi connectivity index (χ3v) is 4.80. The molecule has 0 atom stereocenters. The number of nitrogens with one attached hydrogen (secondary N) is 1. The molecule has 0 unspecified atom stereocenters. The first-order chi connectivity index (χ1) is 10.3. The highest BCUT2D eigenvalue weighted by molar-refractivity contribution is 7.89. The van der Waals surface area contributed by atoms with E-state index < -0.39 is 10.0 Å². The van der Waals surface area contributed by atoms with Gasteiger partial charge in [0.1, 0.15) is 17.0 Å². The number of ether oxygens (including phenoxy) is 1. The third-order valence-electron chi connectivity index (χ3n) is 3.37. The van der Waals surface area contributed by atoms with Gasteiger partial charge in [-0.15, -0.1) is 0 Å². The molecule has 0 amide bonds. The second kappa shape index (κ2) is 6.41. The van der Waals surface area contributed by atoms with Crippen LogP contribution in [0.25, 0.3) is 0 Å². The lowest BCUT2D eigenvalue weighted by Crippen LogP contribution is -2.24. The number of benzene rings is 1. The van der Waals surface area contributed by atoms with Gasteiger partial charge in [-0.25, -0.2) is 23.1 Å². The molecule has 118 valence electrons. The molecule has 1 heterocycles. The minimum atomic E-state index is -3.69. The predicted molar refractivity (Wildman–Crippen MR) is 83.3 cm³/mol. The van der Waals surface area contributed by atoms with Crippen molar-refractivity contribution in [2.24, 2.45) is 0 Å². The van der Waals surface area contributed by atoms with Crippen molar-refractivity contribution in [1.82, 2.24) is 14.7 Å². The van der Waals surface area contributed by atoms with E-state index in [1.807, 2.05) is 20.8 Å². The van der Waals surface area contributed by atoms with Gasteiger partial charge in [0.25, 0.3) is 0 Å². The molecule has 1 aromatic heterocycles. The standard InChI is InChI=1S/C15H19N3O3S/c1-10-5-14(21-4)15(6-11(10)2)22(19,20)18-8-13-7-12(3)16-9-17-13/h5-7,9,18H,8H2,1-4H3. The normalized spacial score (nSPS) is 11.5. The zero-order valence-corrected chi connectivity index (χ0v) is 13.9. The van der Waals surface area contributed by atoms with E-state index >= 15 is 0 Å². The fraction of sp³-hybridized carbons (Fsp3) is 0.333. The second-order valence-corrected chi connectivity index (χ2v) is 6.80. The van der Waals surface area contributed by atoms with Crippen molar-refractivity contribution in [1.29, 1.82) is 0 Å². The molecule has 2 aromatic rings. The van der Waals surface area contributed by atoms with E-state index in [2.05, 4.69) is 14.7 Å². The van der Waals surface area contributed by atoms with Crippen LogP contribution in [0.4, 0.5) is 0 Å². The minimum Gasteiger partial charge on any atom is -0.495 e. The molecule has 0 aliphatic carbocycles. The van der Waals surface area contributed by atoms with E-state index in [9.17, 15) is 8.42 Å². The van der Waals surface area contributed by atoms with Crippen molar-refractivity contribution < 1.29 is 13.2 Å². The Balaban J connectivity index is 2.29. The van der Waals surface area contributed by atoms with Crippen LogP contribution in [0.5, 0.6) is 5.75 Å². The first-order valence-electron chi connectivity index (χ1n) is 6.76. The van der Waals surface area contributed by atoms with Gasteiger partial charge >= 0.3 is 0 Å². The van der Waals surface area contributed by atoms with Crippen molar-refractivity contribution in [3.05, 3.63) is 47.0 Å². The molecule has 2 rings (SSSR count). The van der Waals surface area contributed by atoms with Crippen molar-refractivity contribution in [3.8, 4) is 5.75 Å². The van der Waals surface area contributed by atoms with Crippen LogP contribution >= 0.6 is 0 Å². The lowest BCUT2D eigenvalue weighted by atomic mass is 10.1. The largest absolute Gasteiger partial charge is 0.495 e. The maximum Gasteiger partial charge on any atom is 0.244 e. The van der Waals surface area contributed by atoms with Crippen LogP contribution in [0.3, 0.4) is 0 Å². The van der Waals surface area contributed by atoms with Gasteiger partial charge in [-0.3, -0.25) is 0 Å². The van der Waals surface area contributed by atoms with Gasteiger partial charge in [0, 0.05) is 5.69 Å². The third kappa shape index (κ3) is 3.61. The summed E-state index contributed by atoms with van der Waals surface area (Å²) in [6, 6.07) is 5.07. The van der Waals surface area contributed by atoms with Crippen molar-refractivity contribution in [2.45, 2.75) is 32.2 Å². The maximum absolute atomic E-state index is 12.5. The number of methoxy groups -OCH3 is 1. The molecular formula is C15H19N3O3S. The van der Waals surface area contributed by atoms with Crippen LogP contribution in [-0.4, -0.2) is 25.5 Å². The number of aromatic nitrogens is 2. The molecule has 0 saturated heterocycles. The number of sulfonamides is 1. The Kier molecular flexibility index (Phi) is 4.77. The molecule has 1 aromatic carbocycles. The first kappa shape index (κ1) is 16.4. The molecule has 6 nitrogen and oxygen atoms in total. The van der Waals surface area contributed by atoms with Gasteiger partial charge in [0.05, 0.1) is 19.3 Å². The van der Waals surface area contributed by atoms with Gasteiger partial charge in [-0.2, -0.15) is 0 Å². The summed E-state index contributed by atoms with van der Waals surface area (Å²) >= 11 is 0. The molecule has 0 saturated carbocycles. The summed E-state index contributed by atoms with van der Waals surface area (Å²) in [6.07, 6.45) is 1.41. The fourth-order valence-corrected chi connectivity index (χ4v) is 3.22. The molecule has 0 aliphatic heterocycles. The lowest BCUT2D eigenvalue weighted by molar-refractivity contribution is 0.401. The van der Waals surface area contributed by atoms with Gasteiger partial charge in [0.2, 0.25) is 10.0 Å². The molecule has 0 radical (unpaired) electrons. The summed E-state index contributed by atoms with van der Waals surface area (Å²) in [5, 5.41) is 0. The molecule has 1 N–H and O–H groups in total. The average Bonchev–Trinajstić information content (AvgIpc) is 2.47. The second-order valence-electron chi connectivity index (χ2n) is 5.06.